The van der Waals surface area contributed by atoms with E-state index in [1.165, 1.54) is 0 Å². The number of nitrogens with zero attached hydrogens (tertiary/aromatic N) is 1. The lowest BCUT2D eigenvalue weighted by Gasteiger charge is -2.21. The molecule has 3 nitrogen and oxygen atoms in total. The van der Waals surface area contributed by atoms with E-state index in [-0.39, 0.29) is 5.91 Å². The fourth-order valence-electron chi connectivity index (χ4n) is 1.87. The van der Waals surface area contributed by atoms with Crippen molar-refractivity contribution in [2.45, 2.75) is 13.0 Å². The highest BCUT2D eigenvalue weighted by molar-refractivity contribution is 5.93. The minimum Gasteiger partial charge on any atom is -0.348 e. The zero-order valence-corrected chi connectivity index (χ0v) is 10.1. The second-order valence-electron chi connectivity index (χ2n) is 4.41. The van der Waals surface area contributed by atoms with Gasteiger partial charge in [0.2, 0.25) is 5.91 Å². The van der Waals surface area contributed by atoms with E-state index >= 15 is 0 Å². The number of hydrogen-bond acceptors (Lipinski definition) is 2. The molecule has 90 valence electrons. The number of hydrogen-bond donors (Lipinski definition) is 1. The molecule has 0 fully saturated rings. The third kappa shape index (κ3) is 3.43. The lowest BCUT2D eigenvalue weighted by molar-refractivity contribution is -0.117. The Morgan fingerprint density at radius 2 is 2.12 bits per heavy atom. The average Bonchev–Trinajstić information content (AvgIpc) is 2.38. The summed E-state index contributed by atoms with van der Waals surface area (Å²) in [6.07, 6.45) is 2.86. The molecule has 1 N–H and O–H groups in total. The van der Waals surface area contributed by atoms with Crippen LogP contribution in [0.1, 0.15) is 12.0 Å². The number of amides is 1. The first-order valence-corrected chi connectivity index (χ1v) is 5.95. The lowest BCUT2D eigenvalue weighted by atomic mass is 10.1. The summed E-state index contributed by atoms with van der Waals surface area (Å²) in [6.45, 7) is 2.44. The maximum absolute atomic E-state index is 11.9. The summed E-state index contributed by atoms with van der Waals surface area (Å²) in [5.74, 6) is 0.0713. The zero-order chi connectivity index (χ0) is 12.1. The Bertz CT molecular complexity index is 411. The van der Waals surface area contributed by atoms with Gasteiger partial charge in [-0.2, -0.15) is 0 Å². The molecule has 0 aliphatic carbocycles. The standard InChI is InChI=1S/C14H18N2O/c1-16-9-7-13(8-10-16)14(17)15-11-12-5-3-2-4-6-12/h2-7H,8-11H2,1H3,(H,15,17). The van der Waals surface area contributed by atoms with Crippen LogP contribution in [0.4, 0.5) is 0 Å². The minimum atomic E-state index is 0.0713. The summed E-state index contributed by atoms with van der Waals surface area (Å²) in [4.78, 5) is 14.1. The van der Waals surface area contributed by atoms with Crippen LogP contribution < -0.4 is 5.32 Å². The van der Waals surface area contributed by atoms with Crippen LogP contribution in [0.5, 0.6) is 0 Å². The molecule has 0 atom stereocenters. The normalized spacial score (nSPS) is 16.4. The Kier molecular flexibility index (Phi) is 3.94. The minimum absolute atomic E-state index is 0.0713. The van der Waals surface area contributed by atoms with Crippen molar-refractivity contribution in [1.29, 1.82) is 0 Å². The Morgan fingerprint density at radius 1 is 1.35 bits per heavy atom. The average molecular weight is 230 g/mol. The van der Waals surface area contributed by atoms with Gasteiger partial charge in [-0.3, -0.25) is 4.79 Å². The molecule has 0 saturated heterocycles. The number of rotatable bonds is 3. The van der Waals surface area contributed by atoms with Crippen molar-refractivity contribution in [2.24, 2.45) is 0 Å². The first kappa shape index (κ1) is 11.9. The maximum Gasteiger partial charge on any atom is 0.247 e. The SMILES string of the molecule is CN1CC=C(C(=O)NCc2ccccc2)CC1. The highest BCUT2D eigenvalue weighted by atomic mass is 16.1. The Balaban J connectivity index is 1.86. The van der Waals surface area contributed by atoms with Gasteiger partial charge in [-0.25, -0.2) is 0 Å². The summed E-state index contributed by atoms with van der Waals surface area (Å²) in [6, 6.07) is 9.98. The van der Waals surface area contributed by atoms with Crippen molar-refractivity contribution >= 4 is 5.91 Å². The van der Waals surface area contributed by atoms with E-state index in [9.17, 15) is 4.79 Å². The van der Waals surface area contributed by atoms with E-state index in [4.69, 9.17) is 0 Å². The van der Waals surface area contributed by atoms with Crippen molar-refractivity contribution in [3.8, 4) is 0 Å². The first-order valence-electron chi connectivity index (χ1n) is 5.95. The van der Waals surface area contributed by atoms with E-state index in [0.29, 0.717) is 6.54 Å². The number of benzene rings is 1. The van der Waals surface area contributed by atoms with E-state index in [2.05, 4.69) is 17.3 Å². The second-order valence-corrected chi connectivity index (χ2v) is 4.41. The van der Waals surface area contributed by atoms with Crippen LogP contribution in [-0.4, -0.2) is 30.9 Å². The number of likely N-dealkylation sites (N-methyl/N-ethyl adjacent to an activating group) is 1. The predicted molar refractivity (Wildman–Crippen MR) is 68.5 cm³/mol. The van der Waals surface area contributed by atoms with Crippen LogP contribution in [-0.2, 0) is 11.3 Å². The van der Waals surface area contributed by atoms with Crippen molar-refractivity contribution in [3.63, 3.8) is 0 Å². The van der Waals surface area contributed by atoms with Crippen LogP contribution in [0.15, 0.2) is 42.0 Å². The van der Waals surface area contributed by atoms with Gasteiger partial charge in [0.25, 0.3) is 0 Å². The molecule has 0 unspecified atom stereocenters. The third-order valence-electron chi connectivity index (χ3n) is 3.00. The maximum atomic E-state index is 11.9. The summed E-state index contributed by atoms with van der Waals surface area (Å²) < 4.78 is 0. The van der Waals surface area contributed by atoms with Crippen LogP contribution in [0.2, 0.25) is 0 Å². The quantitative estimate of drug-likeness (QED) is 0.854. The van der Waals surface area contributed by atoms with Crippen LogP contribution in [0.25, 0.3) is 0 Å². The van der Waals surface area contributed by atoms with Gasteiger partial charge >= 0.3 is 0 Å². The highest BCUT2D eigenvalue weighted by Gasteiger charge is 2.13. The van der Waals surface area contributed by atoms with Crippen LogP contribution >= 0.6 is 0 Å². The molecule has 0 aromatic heterocycles. The molecule has 2 rings (SSSR count). The van der Waals surface area contributed by atoms with Gasteiger partial charge in [0.15, 0.2) is 0 Å². The molecule has 0 bridgehead atoms. The number of nitrogens with one attached hydrogen (secondary N) is 1. The number of carbonyl (C=O) groups is 1. The summed E-state index contributed by atoms with van der Waals surface area (Å²) in [5.41, 5.74) is 2.05. The van der Waals surface area contributed by atoms with Gasteiger partial charge in [-0.15, -0.1) is 0 Å². The Labute approximate surface area is 102 Å². The van der Waals surface area contributed by atoms with E-state index < -0.39 is 0 Å². The first-order chi connectivity index (χ1) is 8.25. The molecule has 1 aromatic carbocycles. The van der Waals surface area contributed by atoms with E-state index in [1.807, 2.05) is 36.4 Å². The van der Waals surface area contributed by atoms with Crippen molar-refractivity contribution in [2.75, 3.05) is 20.1 Å². The molecule has 1 aliphatic heterocycles. The number of carbonyl (C=O) groups excluding carboxylic acids is 1. The molecular formula is C14H18N2O. The molecular weight excluding hydrogens is 212 g/mol. The smallest absolute Gasteiger partial charge is 0.247 e. The Hall–Kier alpha value is -1.61. The monoisotopic (exact) mass is 230 g/mol. The molecule has 0 saturated carbocycles. The molecule has 0 radical (unpaired) electrons. The molecule has 1 amide bonds. The Morgan fingerprint density at radius 3 is 2.76 bits per heavy atom. The fourth-order valence-corrected chi connectivity index (χ4v) is 1.87. The molecule has 1 aromatic rings. The fraction of sp³-hybridized carbons (Fsp3) is 0.357. The van der Waals surface area contributed by atoms with Crippen molar-refractivity contribution in [3.05, 3.63) is 47.5 Å². The van der Waals surface area contributed by atoms with Crippen LogP contribution in [0.3, 0.4) is 0 Å². The highest BCUT2D eigenvalue weighted by Crippen LogP contribution is 2.09. The summed E-state index contributed by atoms with van der Waals surface area (Å²) in [5, 5.41) is 2.96. The summed E-state index contributed by atoms with van der Waals surface area (Å²) >= 11 is 0. The molecule has 17 heavy (non-hydrogen) atoms. The molecule has 3 heteroatoms. The molecule has 1 aliphatic rings. The third-order valence-corrected chi connectivity index (χ3v) is 3.00. The van der Waals surface area contributed by atoms with Gasteiger partial charge in [-0.1, -0.05) is 36.4 Å². The predicted octanol–water partition coefficient (Wildman–Crippen LogP) is 1.56. The van der Waals surface area contributed by atoms with Gasteiger partial charge in [-0.05, 0) is 19.0 Å². The van der Waals surface area contributed by atoms with Crippen LogP contribution in [0, 0.1) is 0 Å². The van der Waals surface area contributed by atoms with Gasteiger partial charge in [0.05, 0.1) is 0 Å². The largest absolute Gasteiger partial charge is 0.348 e. The topological polar surface area (TPSA) is 32.3 Å². The van der Waals surface area contributed by atoms with E-state index in [1.54, 1.807) is 0 Å². The van der Waals surface area contributed by atoms with Crippen molar-refractivity contribution < 1.29 is 4.79 Å². The molecule has 0 spiro atoms. The molecule has 1 heterocycles. The summed E-state index contributed by atoms with van der Waals surface area (Å²) in [7, 11) is 2.06. The second kappa shape index (κ2) is 5.64. The zero-order valence-electron chi connectivity index (χ0n) is 10.1. The lowest BCUT2D eigenvalue weighted by Crippen LogP contribution is -2.31. The van der Waals surface area contributed by atoms with E-state index in [0.717, 1.165) is 30.6 Å². The van der Waals surface area contributed by atoms with Gasteiger partial charge in [0, 0.05) is 25.2 Å². The van der Waals surface area contributed by atoms with Gasteiger partial charge in [0.1, 0.15) is 0 Å². The van der Waals surface area contributed by atoms with Crippen molar-refractivity contribution in [1.82, 2.24) is 10.2 Å². The van der Waals surface area contributed by atoms with Gasteiger partial charge < -0.3 is 10.2 Å².